The molecule has 0 fully saturated rings. The Morgan fingerprint density at radius 1 is 1.07 bits per heavy atom. The van der Waals surface area contributed by atoms with Crippen molar-refractivity contribution >= 4 is 55.8 Å². The molecule has 204 valence electrons. The van der Waals surface area contributed by atoms with Crippen molar-refractivity contribution in [2.45, 2.75) is 6.92 Å². The third kappa shape index (κ3) is 4.87. The number of H-pyrrole nitrogens is 1. The maximum absolute atomic E-state index is 13.6. The van der Waals surface area contributed by atoms with E-state index in [9.17, 15) is 14.9 Å². The Hall–Kier alpha value is -4.81. The van der Waals surface area contributed by atoms with E-state index in [0.717, 1.165) is 32.2 Å². The lowest BCUT2D eigenvalue weighted by Gasteiger charge is -2.07. The topological polar surface area (TPSA) is 116 Å². The zero-order chi connectivity index (χ0) is 28.7. The molecule has 3 aromatic carbocycles. The fourth-order valence-electron chi connectivity index (χ4n) is 4.56. The van der Waals surface area contributed by atoms with E-state index < -0.39 is 4.92 Å². The second kappa shape index (κ2) is 10.6. The lowest BCUT2D eigenvalue weighted by molar-refractivity contribution is -0.384. The van der Waals surface area contributed by atoms with Gasteiger partial charge in [0.15, 0.2) is 5.69 Å². The van der Waals surface area contributed by atoms with Gasteiger partial charge in [0.2, 0.25) is 4.80 Å². The zero-order valence-electron chi connectivity index (χ0n) is 21.9. The molecule has 6 rings (SSSR count). The van der Waals surface area contributed by atoms with Crippen molar-refractivity contribution < 1.29 is 4.92 Å². The number of rotatable bonds is 6. The van der Waals surface area contributed by atoms with Gasteiger partial charge in [-0.05, 0) is 49.4 Å². The predicted molar refractivity (Wildman–Crippen MR) is 164 cm³/mol. The molecule has 1 N–H and O–H groups in total. The molecule has 0 atom stereocenters. The van der Waals surface area contributed by atoms with Gasteiger partial charge in [0.25, 0.3) is 11.2 Å². The molecule has 0 amide bonds. The first kappa shape index (κ1) is 26.4. The molecule has 12 heteroatoms. The van der Waals surface area contributed by atoms with Gasteiger partial charge in [0.1, 0.15) is 0 Å². The number of fused-ring (bicyclic) bond motifs is 1. The average molecular weight is 629 g/mol. The smallest absolute Gasteiger partial charge is 0.297 e. The Morgan fingerprint density at radius 3 is 2.56 bits per heavy atom. The summed E-state index contributed by atoms with van der Waals surface area (Å²) in [5, 5.41) is 18.9. The van der Waals surface area contributed by atoms with Crippen molar-refractivity contribution in [3.05, 3.63) is 125 Å². The van der Waals surface area contributed by atoms with Crippen LogP contribution < -0.4 is 10.4 Å². The van der Waals surface area contributed by atoms with Crippen molar-refractivity contribution in [3.63, 3.8) is 0 Å². The minimum Gasteiger partial charge on any atom is -0.361 e. The van der Waals surface area contributed by atoms with Crippen molar-refractivity contribution in [1.82, 2.24) is 19.0 Å². The first-order valence-corrected chi connectivity index (χ1v) is 14.1. The zero-order valence-corrected chi connectivity index (χ0v) is 24.3. The molecule has 0 aliphatic heterocycles. The number of nitrogens with zero attached hydrogens (tertiary/aromatic N) is 6. The van der Waals surface area contributed by atoms with Crippen LogP contribution in [0.15, 0.2) is 104 Å². The summed E-state index contributed by atoms with van der Waals surface area (Å²) in [5.74, 6) is 0. The largest absolute Gasteiger partial charge is 0.361 e. The van der Waals surface area contributed by atoms with E-state index in [0.29, 0.717) is 21.9 Å². The SMILES string of the molecule is Cc1c(N=c2scc(-c3ccc([N+](=O)[O-])cc3)n2N=Cc2c[nH]c3ccc(Br)cc23)c(=O)n(-c2ccccc2)n1C. The third-order valence-corrected chi connectivity index (χ3v) is 8.09. The Bertz CT molecular complexity index is 2080. The fourth-order valence-corrected chi connectivity index (χ4v) is 5.76. The molecule has 3 heterocycles. The van der Waals surface area contributed by atoms with E-state index in [4.69, 9.17) is 10.1 Å². The van der Waals surface area contributed by atoms with E-state index in [1.165, 1.54) is 23.5 Å². The van der Waals surface area contributed by atoms with Crippen molar-refractivity contribution in [2.24, 2.45) is 17.1 Å². The minimum absolute atomic E-state index is 0.00492. The number of aromatic amines is 1. The average Bonchev–Trinajstić information content (AvgIpc) is 3.63. The highest BCUT2D eigenvalue weighted by atomic mass is 79.9. The molecule has 0 bridgehead atoms. The summed E-state index contributed by atoms with van der Waals surface area (Å²) in [6.45, 7) is 1.85. The number of para-hydroxylation sites is 1. The van der Waals surface area contributed by atoms with Crippen LogP contribution in [0.1, 0.15) is 11.3 Å². The van der Waals surface area contributed by atoms with E-state index in [1.807, 2.05) is 74.1 Å². The van der Waals surface area contributed by atoms with Gasteiger partial charge >= 0.3 is 0 Å². The molecule has 0 unspecified atom stereocenters. The summed E-state index contributed by atoms with van der Waals surface area (Å²) >= 11 is 4.85. The summed E-state index contributed by atoms with van der Waals surface area (Å²) in [6.07, 6.45) is 3.60. The van der Waals surface area contributed by atoms with Crippen LogP contribution in [0.3, 0.4) is 0 Å². The molecular weight excluding hydrogens is 606 g/mol. The van der Waals surface area contributed by atoms with E-state index in [1.54, 1.807) is 32.4 Å². The van der Waals surface area contributed by atoms with Gasteiger partial charge in [0, 0.05) is 57.3 Å². The Morgan fingerprint density at radius 2 is 1.83 bits per heavy atom. The predicted octanol–water partition coefficient (Wildman–Crippen LogP) is 6.28. The Balaban J connectivity index is 1.53. The molecule has 41 heavy (non-hydrogen) atoms. The van der Waals surface area contributed by atoms with Gasteiger partial charge < -0.3 is 4.98 Å². The lowest BCUT2D eigenvalue weighted by Crippen LogP contribution is -2.19. The molecule has 6 aromatic rings. The lowest BCUT2D eigenvalue weighted by atomic mass is 10.1. The van der Waals surface area contributed by atoms with Gasteiger partial charge in [-0.2, -0.15) is 5.10 Å². The highest BCUT2D eigenvalue weighted by Gasteiger charge is 2.17. The summed E-state index contributed by atoms with van der Waals surface area (Å²) in [6, 6.07) is 21.6. The van der Waals surface area contributed by atoms with Crippen LogP contribution in [-0.4, -0.2) is 30.2 Å². The molecule has 0 radical (unpaired) electrons. The first-order chi connectivity index (χ1) is 19.8. The van der Waals surface area contributed by atoms with Crippen LogP contribution in [0.4, 0.5) is 11.4 Å². The number of nitrogens with one attached hydrogen (secondary N) is 1. The van der Waals surface area contributed by atoms with Gasteiger partial charge in [-0.15, -0.1) is 11.3 Å². The van der Waals surface area contributed by atoms with Crippen molar-refractivity contribution in [2.75, 3.05) is 0 Å². The van der Waals surface area contributed by atoms with Crippen LogP contribution in [0.2, 0.25) is 0 Å². The number of benzene rings is 3. The van der Waals surface area contributed by atoms with E-state index in [-0.39, 0.29) is 11.2 Å². The highest BCUT2D eigenvalue weighted by molar-refractivity contribution is 9.10. The molecule has 0 aliphatic carbocycles. The molecule has 0 saturated carbocycles. The number of nitro benzene ring substituents is 1. The number of nitro groups is 1. The maximum atomic E-state index is 13.6. The fraction of sp³-hybridized carbons (Fsp3) is 0.0690. The molecule has 0 saturated heterocycles. The van der Waals surface area contributed by atoms with Gasteiger partial charge in [-0.25, -0.2) is 14.4 Å². The monoisotopic (exact) mass is 627 g/mol. The second-order valence-electron chi connectivity index (χ2n) is 9.22. The molecular formula is C29H22BrN7O3S. The quantitative estimate of drug-likeness (QED) is 0.133. The molecule has 0 aliphatic rings. The number of halogens is 1. The summed E-state index contributed by atoms with van der Waals surface area (Å²) in [4.78, 5) is 32.9. The van der Waals surface area contributed by atoms with Gasteiger partial charge in [-0.1, -0.05) is 34.1 Å². The first-order valence-electron chi connectivity index (χ1n) is 12.5. The van der Waals surface area contributed by atoms with Crippen molar-refractivity contribution in [3.8, 4) is 16.9 Å². The van der Waals surface area contributed by atoms with Gasteiger partial charge in [0.05, 0.1) is 28.2 Å². The number of thiazole rings is 1. The van der Waals surface area contributed by atoms with Crippen LogP contribution in [-0.2, 0) is 7.05 Å². The Labute approximate surface area is 245 Å². The van der Waals surface area contributed by atoms with Crippen LogP contribution >= 0.6 is 27.3 Å². The van der Waals surface area contributed by atoms with Crippen molar-refractivity contribution in [1.29, 1.82) is 0 Å². The van der Waals surface area contributed by atoms with Crippen LogP contribution in [0.5, 0.6) is 0 Å². The summed E-state index contributed by atoms with van der Waals surface area (Å²) < 4.78 is 5.95. The van der Waals surface area contributed by atoms with E-state index in [2.05, 4.69) is 20.9 Å². The third-order valence-electron chi connectivity index (χ3n) is 6.78. The Kier molecular flexibility index (Phi) is 6.85. The van der Waals surface area contributed by atoms with E-state index >= 15 is 0 Å². The maximum Gasteiger partial charge on any atom is 0.297 e. The van der Waals surface area contributed by atoms with Gasteiger partial charge in [-0.3, -0.25) is 19.6 Å². The standard InChI is InChI=1S/C29H22BrN7O3S/c1-18-27(28(38)36(34(18)2)22-6-4-3-5-7-22)33-29-35(26(17-41-29)19-8-11-23(12-9-19)37(39)40)32-16-20-15-31-25-13-10-21(30)14-24(20)25/h3-17,31H,1-2H3. The number of aromatic nitrogens is 4. The second-order valence-corrected chi connectivity index (χ2v) is 11.0. The normalized spacial score (nSPS) is 12.1. The minimum atomic E-state index is -0.435. The van der Waals surface area contributed by atoms with Crippen LogP contribution in [0, 0.1) is 17.0 Å². The number of non-ortho nitro benzene ring substituents is 1. The number of hydrogen-bond acceptors (Lipinski definition) is 6. The molecule has 0 spiro atoms. The highest BCUT2D eigenvalue weighted by Crippen LogP contribution is 2.25. The number of hydrogen-bond donors (Lipinski definition) is 1. The summed E-state index contributed by atoms with van der Waals surface area (Å²) in [5.41, 5.74) is 4.70. The molecule has 3 aromatic heterocycles. The van der Waals surface area contributed by atoms with Crippen LogP contribution in [0.25, 0.3) is 27.8 Å². The summed E-state index contributed by atoms with van der Waals surface area (Å²) in [7, 11) is 1.82. The molecule has 10 nitrogen and oxygen atoms in total.